The van der Waals surface area contributed by atoms with Crippen molar-refractivity contribution in [2.75, 3.05) is 19.6 Å². The van der Waals surface area contributed by atoms with Crippen molar-refractivity contribution in [3.63, 3.8) is 0 Å². The number of guanidine groups is 1. The third-order valence-corrected chi connectivity index (χ3v) is 4.81. The summed E-state index contributed by atoms with van der Waals surface area (Å²) in [7, 11) is 0. The van der Waals surface area contributed by atoms with Gasteiger partial charge >= 0.3 is 0 Å². The van der Waals surface area contributed by atoms with Gasteiger partial charge in [0.25, 0.3) is 0 Å². The number of hydrogen-bond donors (Lipinski definition) is 3. The number of benzene rings is 2. The third-order valence-electron chi connectivity index (χ3n) is 4.81. The minimum Gasteiger partial charge on any atom is -0.491 e. The number of hydrogen-bond acceptors (Lipinski definition) is 4. The summed E-state index contributed by atoms with van der Waals surface area (Å²) >= 11 is 0. The molecule has 178 valence electrons. The fourth-order valence-electron chi connectivity index (χ4n) is 3.23. The molecular formula is C25H34IN5O2. The summed E-state index contributed by atoms with van der Waals surface area (Å²) in [4.78, 5) is 4.54. The highest BCUT2D eigenvalue weighted by molar-refractivity contribution is 14.0. The van der Waals surface area contributed by atoms with Gasteiger partial charge in [-0.3, -0.25) is 4.99 Å². The molecule has 0 amide bonds. The molecular weight excluding hydrogens is 529 g/mol. The van der Waals surface area contributed by atoms with E-state index in [2.05, 4.69) is 45.0 Å². The number of halogens is 1. The van der Waals surface area contributed by atoms with Gasteiger partial charge in [-0.15, -0.1) is 24.0 Å². The summed E-state index contributed by atoms with van der Waals surface area (Å²) in [5, 5.41) is 21.3. The van der Waals surface area contributed by atoms with Crippen molar-refractivity contribution < 1.29 is 9.84 Å². The van der Waals surface area contributed by atoms with E-state index < -0.39 is 6.10 Å². The monoisotopic (exact) mass is 563 g/mol. The van der Waals surface area contributed by atoms with Crippen LogP contribution in [-0.4, -0.2) is 46.6 Å². The van der Waals surface area contributed by atoms with E-state index in [1.807, 2.05) is 62.0 Å². The van der Waals surface area contributed by atoms with Crippen LogP contribution in [0.5, 0.6) is 5.75 Å². The first-order valence-corrected chi connectivity index (χ1v) is 11.1. The lowest BCUT2D eigenvalue weighted by Gasteiger charge is -2.14. The van der Waals surface area contributed by atoms with Crippen molar-refractivity contribution in [2.24, 2.45) is 4.99 Å². The Hall–Kier alpha value is -2.59. The Bertz CT molecular complexity index is 957. The van der Waals surface area contributed by atoms with Crippen LogP contribution < -0.4 is 15.4 Å². The zero-order valence-corrected chi connectivity index (χ0v) is 21.8. The second-order valence-corrected chi connectivity index (χ2v) is 7.76. The van der Waals surface area contributed by atoms with Crippen LogP contribution in [0.3, 0.4) is 0 Å². The molecule has 0 aliphatic carbocycles. The highest BCUT2D eigenvalue weighted by Crippen LogP contribution is 2.19. The molecule has 1 unspecified atom stereocenters. The Balaban J connectivity index is 0.00000385. The summed E-state index contributed by atoms with van der Waals surface area (Å²) in [5.74, 6) is 1.49. The van der Waals surface area contributed by atoms with Gasteiger partial charge < -0.3 is 20.5 Å². The second kappa shape index (κ2) is 13.8. The fraction of sp³-hybridized carbons (Fsp3) is 0.360. The van der Waals surface area contributed by atoms with Crippen LogP contribution >= 0.6 is 24.0 Å². The van der Waals surface area contributed by atoms with Crippen LogP contribution in [-0.2, 0) is 6.42 Å². The Morgan fingerprint density at radius 2 is 1.82 bits per heavy atom. The molecule has 0 aliphatic rings. The Labute approximate surface area is 213 Å². The van der Waals surface area contributed by atoms with E-state index >= 15 is 0 Å². The van der Waals surface area contributed by atoms with Gasteiger partial charge in [-0.1, -0.05) is 24.3 Å². The molecule has 0 fully saturated rings. The van der Waals surface area contributed by atoms with Crippen molar-refractivity contribution in [2.45, 2.75) is 39.4 Å². The number of ether oxygens (including phenoxy) is 1. The van der Waals surface area contributed by atoms with Gasteiger partial charge in [0.05, 0.1) is 24.4 Å². The first-order chi connectivity index (χ1) is 15.5. The zero-order chi connectivity index (χ0) is 22.8. The highest BCUT2D eigenvalue weighted by Gasteiger charge is 2.08. The molecule has 0 saturated carbocycles. The molecule has 0 saturated heterocycles. The average Bonchev–Trinajstić information content (AvgIpc) is 3.33. The minimum absolute atomic E-state index is 0. The molecule has 0 spiro atoms. The maximum Gasteiger partial charge on any atom is 0.191 e. The van der Waals surface area contributed by atoms with Crippen LogP contribution in [0.2, 0.25) is 0 Å². The van der Waals surface area contributed by atoms with E-state index in [-0.39, 0.29) is 36.6 Å². The first kappa shape index (κ1) is 26.7. The number of nitrogens with one attached hydrogen (secondary N) is 2. The lowest BCUT2D eigenvalue weighted by Crippen LogP contribution is -2.38. The smallest absolute Gasteiger partial charge is 0.191 e. The first-order valence-electron chi connectivity index (χ1n) is 11.1. The van der Waals surface area contributed by atoms with Gasteiger partial charge in [0.15, 0.2) is 5.96 Å². The third kappa shape index (κ3) is 8.70. The van der Waals surface area contributed by atoms with E-state index in [1.54, 1.807) is 6.20 Å². The molecule has 0 radical (unpaired) electrons. The Morgan fingerprint density at radius 3 is 2.42 bits per heavy atom. The summed E-state index contributed by atoms with van der Waals surface area (Å²) in [5.41, 5.74) is 3.09. The van der Waals surface area contributed by atoms with Crippen molar-refractivity contribution in [1.29, 1.82) is 0 Å². The molecule has 3 aromatic rings. The van der Waals surface area contributed by atoms with Gasteiger partial charge in [-0.05, 0) is 68.7 Å². The standard InChI is InChI=1S/C25H33N5O2.HI/c1-4-26-25(28-18-24(31)21-8-12-23(13-9-21)32-19(2)3)27-16-14-20-6-10-22(11-7-20)30-17-5-15-29-30;/h5-13,15,17,19,24,31H,4,14,16,18H2,1-3H3,(H2,26,27,28);1H. The number of aliphatic hydroxyl groups is 1. The van der Waals surface area contributed by atoms with Gasteiger partial charge in [-0.2, -0.15) is 5.10 Å². The molecule has 7 nitrogen and oxygen atoms in total. The molecule has 33 heavy (non-hydrogen) atoms. The second-order valence-electron chi connectivity index (χ2n) is 7.76. The van der Waals surface area contributed by atoms with Gasteiger partial charge in [0.1, 0.15) is 5.75 Å². The predicted octanol–water partition coefficient (Wildman–Crippen LogP) is 4.11. The van der Waals surface area contributed by atoms with Crippen molar-refractivity contribution >= 4 is 29.9 Å². The maximum atomic E-state index is 10.5. The molecule has 0 aliphatic heterocycles. The van der Waals surface area contributed by atoms with Crippen LogP contribution in [0.4, 0.5) is 0 Å². The topological polar surface area (TPSA) is 83.7 Å². The van der Waals surface area contributed by atoms with Gasteiger partial charge in [-0.25, -0.2) is 4.68 Å². The van der Waals surface area contributed by atoms with Crippen molar-refractivity contribution in [1.82, 2.24) is 20.4 Å². The largest absolute Gasteiger partial charge is 0.491 e. The van der Waals surface area contributed by atoms with Gasteiger partial charge in [0, 0.05) is 25.5 Å². The predicted molar refractivity (Wildman–Crippen MR) is 144 cm³/mol. The molecule has 2 aromatic carbocycles. The summed E-state index contributed by atoms with van der Waals surface area (Å²) < 4.78 is 7.49. The summed E-state index contributed by atoms with van der Waals surface area (Å²) in [6, 6.07) is 17.8. The SMILES string of the molecule is CCNC(=NCC(O)c1ccc(OC(C)C)cc1)NCCc1ccc(-n2cccn2)cc1.I. The number of rotatable bonds is 10. The number of aromatic nitrogens is 2. The molecule has 3 rings (SSSR count). The van der Waals surface area contributed by atoms with E-state index in [9.17, 15) is 5.11 Å². The Kier molecular flexibility index (Phi) is 11.2. The maximum absolute atomic E-state index is 10.5. The van der Waals surface area contributed by atoms with E-state index in [0.29, 0.717) is 5.96 Å². The van der Waals surface area contributed by atoms with Crippen LogP contribution in [0, 0.1) is 0 Å². The summed E-state index contributed by atoms with van der Waals surface area (Å²) in [6.45, 7) is 7.77. The highest BCUT2D eigenvalue weighted by atomic mass is 127. The molecule has 1 aromatic heterocycles. The molecule has 0 bridgehead atoms. The average molecular weight is 563 g/mol. The van der Waals surface area contributed by atoms with Crippen molar-refractivity contribution in [3.8, 4) is 11.4 Å². The van der Waals surface area contributed by atoms with E-state index in [1.165, 1.54) is 5.56 Å². The molecule has 1 atom stereocenters. The molecule has 3 N–H and O–H groups in total. The van der Waals surface area contributed by atoms with E-state index in [0.717, 1.165) is 36.5 Å². The zero-order valence-electron chi connectivity index (χ0n) is 19.4. The minimum atomic E-state index is -0.673. The van der Waals surface area contributed by atoms with Crippen LogP contribution in [0.25, 0.3) is 5.69 Å². The number of nitrogens with zero attached hydrogens (tertiary/aromatic N) is 3. The molecule has 8 heteroatoms. The normalized spacial score (nSPS) is 12.2. The van der Waals surface area contributed by atoms with Crippen LogP contribution in [0.1, 0.15) is 38.0 Å². The Morgan fingerprint density at radius 1 is 1.09 bits per heavy atom. The van der Waals surface area contributed by atoms with Crippen LogP contribution in [0.15, 0.2) is 72.0 Å². The lowest BCUT2D eigenvalue weighted by molar-refractivity contribution is 0.186. The quantitative estimate of drug-likeness (QED) is 0.197. The van der Waals surface area contributed by atoms with Crippen molar-refractivity contribution in [3.05, 3.63) is 78.1 Å². The number of aliphatic imine (C=N–C) groups is 1. The molecule has 1 heterocycles. The van der Waals surface area contributed by atoms with E-state index in [4.69, 9.17) is 4.74 Å². The summed E-state index contributed by atoms with van der Waals surface area (Å²) in [6.07, 6.45) is 4.01. The van der Waals surface area contributed by atoms with Gasteiger partial charge in [0.2, 0.25) is 0 Å². The number of aliphatic hydroxyl groups excluding tert-OH is 1. The fourth-order valence-corrected chi connectivity index (χ4v) is 3.23. The lowest BCUT2D eigenvalue weighted by atomic mass is 10.1.